The van der Waals surface area contributed by atoms with Crippen molar-refractivity contribution >= 4 is 17.6 Å². The number of benzene rings is 1. The standard InChI is InChI=1S/C13H16N2O6/c1-9(5-13(17)18)7-14-12(16)8-21-11-4-2-3-10(6-11)15(19)20/h2-4,6,9H,5,7-8H2,1H3,(H,14,16)(H,17,18). The summed E-state index contributed by atoms with van der Waals surface area (Å²) < 4.78 is 5.14. The Labute approximate surface area is 120 Å². The summed E-state index contributed by atoms with van der Waals surface area (Å²) in [7, 11) is 0. The van der Waals surface area contributed by atoms with E-state index in [0.29, 0.717) is 0 Å². The van der Waals surface area contributed by atoms with Gasteiger partial charge in [0.1, 0.15) is 5.75 Å². The van der Waals surface area contributed by atoms with Gasteiger partial charge in [0, 0.05) is 19.0 Å². The van der Waals surface area contributed by atoms with Gasteiger partial charge in [-0.3, -0.25) is 19.7 Å². The number of non-ortho nitro benzene ring substituents is 1. The molecule has 1 aromatic carbocycles. The largest absolute Gasteiger partial charge is 0.484 e. The fourth-order valence-corrected chi connectivity index (χ4v) is 1.55. The van der Waals surface area contributed by atoms with Crippen molar-refractivity contribution in [2.24, 2.45) is 5.92 Å². The zero-order valence-electron chi connectivity index (χ0n) is 11.4. The molecule has 2 N–H and O–H groups in total. The number of aliphatic carboxylic acids is 1. The van der Waals surface area contributed by atoms with E-state index in [9.17, 15) is 19.7 Å². The van der Waals surface area contributed by atoms with Gasteiger partial charge in [-0.2, -0.15) is 0 Å². The summed E-state index contributed by atoms with van der Waals surface area (Å²) in [6.07, 6.45) is -0.0357. The van der Waals surface area contributed by atoms with Crippen molar-refractivity contribution in [3.05, 3.63) is 34.4 Å². The molecule has 1 unspecified atom stereocenters. The molecular weight excluding hydrogens is 280 g/mol. The molecular formula is C13H16N2O6. The van der Waals surface area contributed by atoms with Gasteiger partial charge in [-0.25, -0.2) is 0 Å². The number of ether oxygens (including phenoxy) is 1. The van der Waals surface area contributed by atoms with Crippen LogP contribution in [0.1, 0.15) is 13.3 Å². The van der Waals surface area contributed by atoms with Crippen LogP contribution in [0.5, 0.6) is 5.75 Å². The highest BCUT2D eigenvalue weighted by molar-refractivity contribution is 5.77. The Balaban J connectivity index is 2.37. The quantitative estimate of drug-likeness (QED) is 0.549. The molecule has 0 aliphatic carbocycles. The first-order chi connectivity index (χ1) is 9.88. The van der Waals surface area contributed by atoms with E-state index in [1.54, 1.807) is 6.92 Å². The summed E-state index contributed by atoms with van der Waals surface area (Å²) in [5.74, 6) is -1.31. The second kappa shape index (κ2) is 7.83. The minimum Gasteiger partial charge on any atom is -0.484 e. The lowest BCUT2D eigenvalue weighted by Crippen LogP contribution is -2.33. The van der Waals surface area contributed by atoms with Crippen LogP contribution in [0.4, 0.5) is 5.69 Å². The number of carbonyl (C=O) groups is 2. The monoisotopic (exact) mass is 296 g/mol. The first kappa shape index (κ1) is 16.4. The minimum absolute atomic E-state index is 0.0357. The van der Waals surface area contributed by atoms with Crippen LogP contribution < -0.4 is 10.1 Å². The third-order valence-corrected chi connectivity index (χ3v) is 2.57. The van der Waals surface area contributed by atoms with E-state index < -0.39 is 16.8 Å². The van der Waals surface area contributed by atoms with E-state index in [1.165, 1.54) is 24.3 Å². The number of amides is 1. The third kappa shape index (κ3) is 6.37. The Morgan fingerprint density at radius 2 is 2.19 bits per heavy atom. The number of carboxylic acids is 1. The first-order valence-electron chi connectivity index (χ1n) is 6.24. The van der Waals surface area contributed by atoms with Gasteiger partial charge >= 0.3 is 5.97 Å². The van der Waals surface area contributed by atoms with Gasteiger partial charge in [-0.1, -0.05) is 13.0 Å². The molecule has 21 heavy (non-hydrogen) atoms. The van der Waals surface area contributed by atoms with E-state index >= 15 is 0 Å². The molecule has 114 valence electrons. The second-order valence-corrected chi connectivity index (χ2v) is 4.55. The molecule has 0 heterocycles. The lowest BCUT2D eigenvalue weighted by Gasteiger charge is -2.11. The topological polar surface area (TPSA) is 119 Å². The predicted octanol–water partition coefficient (Wildman–Crippen LogP) is 1.20. The van der Waals surface area contributed by atoms with Gasteiger partial charge in [-0.05, 0) is 12.0 Å². The molecule has 0 aromatic heterocycles. The van der Waals surface area contributed by atoms with Crippen LogP contribution in [0.15, 0.2) is 24.3 Å². The number of nitrogens with one attached hydrogen (secondary N) is 1. The average Bonchev–Trinajstić information content (AvgIpc) is 2.42. The van der Waals surface area contributed by atoms with Crippen LogP contribution in [0.3, 0.4) is 0 Å². The van der Waals surface area contributed by atoms with Gasteiger partial charge < -0.3 is 15.2 Å². The second-order valence-electron chi connectivity index (χ2n) is 4.55. The molecule has 0 saturated carbocycles. The number of hydrogen-bond acceptors (Lipinski definition) is 5. The van der Waals surface area contributed by atoms with Gasteiger partial charge in [0.15, 0.2) is 6.61 Å². The molecule has 0 aliphatic rings. The molecule has 0 radical (unpaired) electrons. The third-order valence-electron chi connectivity index (χ3n) is 2.57. The average molecular weight is 296 g/mol. The fourth-order valence-electron chi connectivity index (χ4n) is 1.55. The summed E-state index contributed by atoms with van der Waals surface area (Å²) in [5, 5.41) is 21.7. The van der Waals surface area contributed by atoms with E-state index in [0.717, 1.165) is 0 Å². The normalized spacial score (nSPS) is 11.5. The van der Waals surface area contributed by atoms with Crippen molar-refractivity contribution in [1.29, 1.82) is 0 Å². The van der Waals surface area contributed by atoms with Crippen molar-refractivity contribution < 1.29 is 24.4 Å². The molecule has 8 heteroatoms. The number of hydrogen-bond donors (Lipinski definition) is 2. The lowest BCUT2D eigenvalue weighted by atomic mass is 10.1. The van der Waals surface area contributed by atoms with Crippen molar-refractivity contribution in [3.63, 3.8) is 0 Å². The Kier molecular flexibility index (Phi) is 6.12. The van der Waals surface area contributed by atoms with E-state index in [4.69, 9.17) is 9.84 Å². The maximum absolute atomic E-state index is 11.5. The van der Waals surface area contributed by atoms with Crippen LogP contribution in [0, 0.1) is 16.0 Å². The number of carbonyl (C=O) groups excluding carboxylic acids is 1. The van der Waals surface area contributed by atoms with E-state index in [2.05, 4.69) is 5.32 Å². The molecule has 0 bridgehead atoms. The molecule has 1 atom stereocenters. The number of rotatable bonds is 8. The molecule has 1 rings (SSSR count). The lowest BCUT2D eigenvalue weighted by molar-refractivity contribution is -0.384. The van der Waals surface area contributed by atoms with Gasteiger partial charge in [0.25, 0.3) is 11.6 Å². The van der Waals surface area contributed by atoms with Crippen molar-refractivity contribution in [2.75, 3.05) is 13.2 Å². The van der Waals surface area contributed by atoms with Crippen molar-refractivity contribution in [3.8, 4) is 5.75 Å². The van der Waals surface area contributed by atoms with Crippen LogP contribution >= 0.6 is 0 Å². The summed E-state index contributed by atoms with van der Waals surface area (Å²) in [6.45, 7) is 1.64. The Morgan fingerprint density at radius 3 is 2.81 bits per heavy atom. The molecule has 0 saturated heterocycles. The number of nitro groups is 1. The summed E-state index contributed by atoms with van der Waals surface area (Å²) in [5.41, 5.74) is -0.122. The summed E-state index contributed by atoms with van der Waals surface area (Å²) in [6, 6.07) is 5.51. The van der Waals surface area contributed by atoms with E-state index in [-0.39, 0.29) is 36.9 Å². The van der Waals surface area contributed by atoms with Crippen LogP contribution in [0.2, 0.25) is 0 Å². The molecule has 1 amide bonds. The van der Waals surface area contributed by atoms with Crippen molar-refractivity contribution in [2.45, 2.75) is 13.3 Å². The van der Waals surface area contributed by atoms with Crippen LogP contribution in [0.25, 0.3) is 0 Å². The zero-order valence-corrected chi connectivity index (χ0v) is 11.4. The van der Waals surface area contributed by atoms with Gasteiger partial charge in [0.05, 0.1) is 11.0 Å². The van der Waals surface area contributed by atoms with Crippen LogP contribution in [-0.2, 0) is 9.59 Å². The Morgan fingerprint density at radius 1 is 1.48 bits per heavy atom. The molecule has 0 spiro atoms. The zero-order chi connectivity index (χ0) is 15.8. The maximum atomic E-state index is 11.5. The number of carboxylic acid groups (broad SMARTS) is 1. The van der Waals surface area contributed by atoms with Crippen LogP contribution in [-0.4, -0.2) is 35.1 Å². The number of nitrogens with zero attached hydrogens (tertiary/aromatic N) is 1. The SMILES string of the molecule is CC(CNC(=O)COc1cccc([N+](=O)[O-])c1)CC(=O)O. The molecule has 0 aliphatic heterocycles. The fraction of sp³-hybridized carbons (Fsp3) is 0.385. The molecule has 0 fully saturated rings. The maximum Gasteiger partial charge on any atom is 0.303 e. The minimum atomic E-state index is -0.926. The van der Waals surface area contributed by atoms with E-state index in [1.807, 2.05) is 0 Å². The Bertz CT molecular complexity index is 531. The Hall–Kier alpha value is -2.64. The highest BCUT2D eigenvalue weighted by atomic mass is 16.6. The summed E-state index contributed by atoms with van der Waals surface area (Å²) >= 11 is 0. The predicted molar refractivity (Wildman–Crippen MR) is 73.0 cm³/mol. The summed E-state index contributed by atoms with van der Waals surface area (Å²) in [4.78, 5) is 32.0. The first-order valence-corrected chi connectivity index (χ1v) is 6.24. The van der Waals surface area contributed by atoms with Gasteiger partial charge in [0.2, 0.25) is 0 Å². The number of nitro benzene ring substituents is 1. The highest BCUT2D eigenvalue weighted by Gasteiger charge is 2.11. The molecule has 1 aromatic rings. The van der Waals surface area contributed by atoms with Crippen molar-refractivity contribution in [1.82, 2.24) is 5.32 Å². The van der Waals surface area contributed by atoms with Gasteiger partial charge in [-0.15, -0.1) is 0 Å². The smallest absolute Gasteiger partial charge is 0.303 e. The molecule has 8 nitrogen and oxygen atoms in total. The highest BCUT2D eigenvalue weighted by Crippen LogP contribution is 2.18.